The van der Waals surface area contributed by atoms with Crippen molar-refractivity contribution >= 4 is 21.6 Å². The predicted molar refractivity (Wildman–Crippen MR) is 106 cm³/mol. The molecule has 0 bridgehead atoms. The van der Waals surface area contributed by atoms with Crippen molar-refractivity contribution < 1.29 is 17.9 Å². The van der Waals surface area contributed by atoms with E-state index >= 15 is 0 Å². The van der Waals surface area contributed by atoms with Gasteiger partial charge in [0.1, 0.15) is 5.75 Å². The Morgan fingerprint density at radius 2 is 2.00 bits per heavy atom. The lowest BCUT2D eigenvalue weighted by molar-refractivity contribution is 0.0951. The second kappa shape index (κ2) is 8.00. The van der Waals surface area contributed by atoms with E-state index in [-0.39, 0.29) is 11.7 Å². The quantitative estimate of drug-likeness (QED) is 0.855. The van der Waals surface area contributed by atoms with Crippen molar-refractivity contribution in [3.05, 3.63) is 59.2 Å². The van der Waals surface area contributed by atoms with Crippen LogP contribution in [0.25, 0.3) is 0 Å². The van der Waals surface area contributed by atoms with Crippen LogP contribution < -0.4 is 14.4 Å². The van der Waals surface area contributed by atoms with Gasteiger partial charge < -0.3 is 10.1 Å². The van der Waals surface area contributed by atoms with E-state index in [2.05, 4.69) is 5.32 Å². The number of methoxy groups -OCH3 is 1. The Morgan fingerprint density at radius 3 is 2.70 bits per heavy atom. The summed E-state index contributed by atoms with van der Waals surface area (Å²) in [7, 11) is -1.66. The molecule has 0 spiro atoms. The molecule has 7 heteroatoms. The van der Waals surface area contributed by atoms with Gasteiger partial charge in [0.15, 0.2) is 0 Å². The number of aryl methyl sites for hydroxylation is 1. The lowest BCUT2D eigenvalue weighted by atomic mass is 10.1. The normalized spacial score (nSPS) is 16.0. The van der Waals surface area contributed by atoms with Gasteiger partial charge in [0, 0.05) is 18.7 Å². The summed E-state index contributed by atoms with van der Waals surface area (Å²) in [5.74, 6) is 0.716. The first-order chi connectivity index (χ1) is 12.9. The van der Waals surface area contributed by atoms with Crippen LogP contribution in [0, 0.1) is 6.92 Å². The molecule has 0 unspecified atom stereocenters. The van der Waals surface area contributed by atoms with Gasteiger partial charge in [0.25, 0.3) is 5.91 Å². The van der Waals surface area contributed by atoms with Crippen molar-refractivity contribution in [2.75, 3.05) is 23.7 Å². The molecule has 2 aromatic rings. The van der Waals surface area contributed by atoms with E-state index < -0.39 is 10.0 Å². The first kappa shape index (κ1) is 19.2. The fourth-order valence-corrected chi connectivity index (χ4v) is 4.90. The van der Waals surface area contributed by atoms with E-state index in [1.54, 1.807) is 25.3 Å². The molecule has 144 valence electrons. The maximum absolute atomic E-state index is 12.5. The number of anilines is 1. The summed E-state index contributed by atoms with van der Waals surface area (Å²) >= 11 is 0. The van der Waals surface area contributed by atoms with Crippen molar-refractivity contribution in [1.29, 1.82) is 0 Å². The Bertz CT molecular complexity index is 941. The maximum Gasteiger partial charge on any atom is 0.251 e. The van der Waals surface area contributed by atoms with Crippen LogP contribution in [0.15, 0.2) is 42.5 Å². The molecule has 3 rings (SSSR count). The third-order valence-corrected chi connectivity index (χ3v) is 6.52. The molecule has 1 amide bonds. The Hall–Kier alpha value is -2.54. The number of hydrogen-bond acceptors (Lipinski definition) is 4. The molecule has 1 saturated heterocycles. The molecule has 1 aliphatic heterocycles. The van der Waals surface area contributed by atoms with Crippen molar-refractivity contribution in [3.8, 4) is 5.75 Å². The van der Waals surface area contributed by atoms with Gasteiger partial charge in [0.05, 0.1) is 18.6 Å². The van der Waals surface area contributed by atoms with Crippen LogP contribution in [0.2, 0.25) is 0 Å². The number of ether oxygens (including phenoxy) is 1. The van der Waals surface area contributed by atoms with Crippen LogP contribution >= 0.6 is 0 Å². The SMILES string of the molecule is COc1cccc(CNC(=O)c2ccc(N3CCCCS3(=O)=O)c(C)c2)c1. The Balaban J connectivity index is 1.72. The Labute approximate surface area is 160 Å². The molecule has 0 aliphatic carbocycles. The lowest BCUT2D eigenvalue weighted by Crippen LogP contribution is -2.38. The number of nitrogens with one attached hydrogen (secondary N) is 1. The highest BCUT2D eigenvalue weighted by Crippen LogP contribution is 2.27. The second-order valence-electron chi connectivity index (χ2n) is 6.63. The standard InChI is InChI=1S/C20H24N2O4S/c1-15-12-17(8-9-19(15)22-10-3-4-11-27(22,24)25)20(23)21-14-16-6-5-7-18(13-16)26-2/h5-9,12-13H,3-4,10-11,14H2,1-2H3,(H,21,23). The summed E-state index contributed by atoms with van der Waals surface area (Å²) in [5, 5.41) is 2.88. The summed E-state index contributed by atoms with van der Waals surface area (Å²) in [6.07, 6.45) is 1.55. The van der Waals surface area contributed by atoms with E-state index in [9.17, 15) is 13.2 Å². The zero-order valence-electron chi connectivity index (χ0n) is 15.6. The summed E-state index contributed by atoms with van der Waals surface area (Å²) < 4.78 is 31.2. The minimum Gasteiger partial charge on any atom is -0.497 e. The first-order valence-electron chi connectivity index (χ1n) is 8.93. The average molecular weight is 388 g/mol. The number of hydrogen-bond donors (Lipinski definition) is 1. The van der Waals surface area contributed by atoms with Crippen molar-refractivity contribution in [3.63, 3.8) is 0 Å². The zero-order chi connectivity index (χ0) is 19.4. The molecule has 2 aromatic carbocycles. The van der Waals surface area contributed by atoms with E-state index in [4.69, 9.17) is 4.74 Å². The predicted octanol–water partition coefficient (Wildman–Crippen LogP) is 2.86. The molecule has 1 heterocycles. The Morgan fingerprint density at radius 1 is 1.19 bits per heavy atom. The highest BCUT2D eigenvalue weighted by Gasteiger charge is 2.27. The van der Waals surface area contributed by atoms with Gasteiger partial charge in [-0.3, -0.25) is 9.10 Å². The summed E-state index contributed by atoms with van der Waals surface area (Å²) in [5.41, 5.74) is 2.87. The van der Waals surface area contributed by atoms with Crippen LogP contribution in [-0.2, 0) is 16.6 Å². The molecule has 0 radical (unpaired) electrons. The molecule has 0 aromatic heterocycles. The van der Waals surface area contributed by atoms with E-state index in [0.29, 0.717) is 30.8 Å². The smallest absolute Gasteiger partial charge is 0.251 e. The second-order valence-corrected chi connectivity index (χ2v) is 8.64. The minimum atomic E-state index is -3.26. The van der Waals surface area contributed by atoms with E-state index in [1.165, 1.54) is 4.31 Å². The van der Waals surface area contributed by atoms with Crippen LogP contribution in [0.4, 0.5) is 5.69 Å². The molecule has 1 fully saturated rings. The molecule has 27 heavy (non-hydrogen) atoms. The van der Waals surface area contributed by atoms with Crippen LogP contribution in [-0.4, -0.2) is 33.7 Å². The van der Waals surface area contributed by atoms with Crippen molar-refractivity contribution in [2.45, 2.75) is 26.3 Å². The van der Waals surface area contributed by atoms with Gasteiger partial charge in [-0.2, -0.15) is 0 Å². The van der Waals surface area contributed by atoms with Gasteiger partial charge in [-0.1, -0.05) is 12.1 Å². The summed E-state index contributed by atoms with van der Waals surface area (Å²) in [6, 6.07) is 12.6. The fraction of sp³-hybridized carbons (Fsp3) is 0.350. The van der Waals surface area contributed by atoms with Crippen LogP contribution in [0.3, 0.4) is 0 Å². The highest BCUT2D eigenvalue weighted by atomic mass is 32.2. The van der Waals surface area contributed by atoms with Gasteiger partial charge in [-0.25, -0.2) is 8.42 Å². The van der Waals surface area contributed by atoms with Gasteiger partial charge in [-0.05, 0) is 61.2 Å². The molecule has 1 N–H and O–H groups in total. The fourth-order valence-electron chi connectivity index (χ4n) is 3.20. The minimum absolute atomic E-state index is 0.176. The first-order valence-corrected chi connectivity index (χ1v) is 10.5. The van der Waals surface area contributed by atoms with Crippen LogP contribution in [0.5, 0.6) is 5.75 Å². The number of nitrogens with zero attached hydrogens (tertiary/aromatic N) is 1. The average Bonchev–Trinajstić information content (AvgIpc) is 2.66. The molecule has 1 aliphatic rings. The topological polar surface area (TPSA) is 75.7 Å². The van der Waals surface area contributed by atoms with Crippen molar-refractivity contribution in [2.24, 2.45) is 0 Å². The largest absolute Gasteiger partial charge is 0.497 e. The summed E-state index contributed by atoms with van der Waals surface area (Å²) in [6.45, 7) is 2.71. The monoisotopic (exact) mass is 388 g/mol. The third-order valence-electron chi connectivity index (χ3n) is 4.66. The molecule has 0 atom stereocenters. The number of amides is 1. The van der Waals surface area contributed by atoms with E-state index in [0.717, 1.165) is 23.3 Å². The molecule has 6 nitrogen and oxygen atoms in total. The number of carbonyl (C=O) groups excluding carboxylic acids is 1. The molecule has 0 saturated carbocycles. The van der Waals surface area contributed by atoms with Crippen molar-refractivity contribution in [1.82, 2.24) is 5.32 Å². The number of benzene rings is 2. The summed E-state index contributed by atoms with van der Waals surface area (Å²) in [4.78, 5) is 12.5. The van der Waals surface area contributed by atoms with Gasteiger partial charge >= 0.3 is 0 Å². The molecular formula is C20H24N2O4S. The Kier molecular flexibility index (Phi) is 5.70. The number of rotatable bonds is 5. The van der Waals surface area contributed by atoms with Gasteiger partial charge in [-0.15, -0.1) is 0 Å². The maximum atomic E-state index is 12.5. The highest BCUT2D eigenvalue weighted by molar-refractivity contribution is 7.92. The third kappa shape index (κ3) is 4.42. The van der Waals surface area contributed by atoms with E-state index in [1.807, 2.05) is 31.2 Å². The molecular weight excluding hydrogens is 364 g/mol. The lowest BCUT2D eigenvalue weighted by Gasteiger charge is -2.29. The van der Waals surface area contributed by atoms with Gasteiger partial charge in [0.2, 0.25) is 10.0 Å². The zero-order valence-corrected chi connectivity index (χ0v) is 16.4. The number of carbonyl (C=O) groups is 1. The van der Waals surface area contributed by atoms with Crippen LogP contribution in [0.1, 0.15) is 34.3 Å². The number of sulfonamides is 1.